The summed E-state index contributed by atoms with van der Waals surface area (Å²) in [7, 11) is 0. The highest BCUT2D eigenvalue weighted by atomic mass is 16.4. The van der Waals surface area contributed by atoms with Crippen LogP contribution in [-0.2, 0) is 0 Å². The number of aryl methyl sites for hydroxylation is 2. The summed E-state index contributed by atoms with van der Waals surface area (Å²) in [5.41, 5.74) is 8.07. The van der Waals surface area contributed by atoms with Crippen LogP contribution >= 0.6 is 0 Å². The molecule has 0 saturated carbocycles. The van der Waals surface area contributed by atoms with Crippen molar-refractivity contribution in [3.63, 3.8) is 0 Å². The van der Waals surface area contributed by atoms with Crippen molar-refractivity contribution in [2.75, 3.05) is 0 Å². The Bertz CT molecular complexity index is 1230. The van der Waals surface area contributed by atoms with Crippen LogP contribution in [0.25, 0.3) is 34.1 Å². The summed E-state index contributed by atoms with van der Waals surface area (Å²) >= 11 is 0. The largest absolute Gasteiger partial charge is 0.478 e. The van der Waals surface area contributed by atoms with E-state index in [4.69, 9.17) is 4.98 Å². The maximum atomic E-state index is 11.3. The molecule has 4 nitrogen and oxygen atoms in total. The maximum absolute atomic E-state index is 11.3. The van der Waals surface area contributed by atoms with Crippen molar-refractivity contribution < 1.29 is 9.90 Å². The molecule has 0 bridgehead atoms. The second-order valence-corrected chi connectivity index (χ2v) is 6.86. The third-order valence-electron chi connectivity index (χ3n) is 4.96. The Morgan fingerprint density at radius 3 is 2.46 bits per heavy atom. The van der Waals surface area contributed by atoms with E-state index in [2.05, 4.69) is 44.7 Å². The molecule has 0 saturated heterocycles. The first-order chi connectivity index (χ1) is 13.5. The van der Waals surface area contributed by atoms with Gasteiger partial charge in [-0.25, -0.2) is 9.78 Å². The van der Waals surface area contributed by atoms with Gasteiger partial charge in [-0.2, -0.15) is 0 Å². The first-order valence-electron chi connectivity index (χ1n) is 9.04. The molecule has 0 aliphatic rings. The lowest BCUT2D eigenvalue weighted by Gasteiger charge is -2.12. The Hall–Kier alpha value is -3.66. The van der Waals surface area contributed by atoms with Crippen LogP contribution < -0.4 is 0 Å². The average Bonchev–Trinajstić information content (AvgIpc) is 3.05. The maximum Gasteiger partial charge on any atom is 0.335 e. The third kappa shape index (κ3) is 2.89. The predicted molar refractivity (Wildman–Crippen MR) is 113 cm³/mol. The van der Waals surface area contributed by atoms with Crippen LogP contribution in [0.15, 0.2) is 67.4 Å². The van der Waals surface area contributed by atoms with Crippen LogP contribution in [0, 0.1) is 13.8 Å². The number of hydrogen-bond acceptors (Lipinski definition) is 2. The molecule has 0 radical (unpaired) electrons. The third-order valence-corrected chi connectivity index (χ3v) is 4.96. The minimum absolute atomic E-state index is 0.210. The molecule has 0 unspecified atom stereocenters. The zero-order valence-electron chi connectivity index (χ0n) is 15.8. The van der Waals surface area contributed by atoms with Gasteiger partial charge in [0.1, 0.15) is 5.65 Å². The molecule has 1 N–H and O–H groups in total. The molecule has 4 heteroatoms. The van der Waals surface area contributed by atoms with E-state index in [9.17, 15) is 9.90 Å². The van der Waals surface area contributed by atoms with Crippen LogP contribution in [0.2, 0.25) is 0 Å². The lowest BCUT2D eigenvalue weighted by atomic mass is 9.93. The molecule has 2 heterocycles. The number of rotatable bonds is 4. The summed E-state index contributed by atoms with van der Waals surface area (Å²) < 4.78 is 1.87. The quantitative estimate of drug-likeness (QED) is 0.508. The van der Waals surface area contributed by atoms with Crippen LogP contribution in [0.3, 0.4) is 0 Å². The monoisotopic (exact) mass is 368 g/mol. The number of fused-ring (bicyclic) bond motifs is 1. The van der Waals surface area contributed by atoms with E-state index < -0.39 is 5.97 Å². The smallest absolute Gasteiger partial charge is 0.335 e. The number of carboxylic acid groups (broad SMARTS) is 1. The van der Waals surface area contributed by atoms with Gasteiger partial charge >= 0.3 is 5.97 Å². The lowest BCUT2D eigenvalue weighted by Crippen LogP contribution is -1.97. The second kappa shape index (κ2) is 6.82. The van der Waals surface area contributed by atoms with E-state index in [-0.39, 0.29) is 5.56 Å². The van der Waals surface area contributed by atoms with E-state index in [1.165, 1.54) is 11.1 Å². The van der Waals surface area contributed by atoms with Crippen LogP contribution in [0.5, 0.6) is 0 Å². The van der Waals surface area contributed by atoms with E-state index >= 15 is 0 Å². The fraction of sp³-hybridized carbons (Fsp3) is 0.0833. The molecular formula is C24H20N2O2. The lowest BCUT2D eigenvalue weighted by molar-refractivity contribution is 0.0697. The van der Waals surface area contributed by atoms with Gasteiger partial charge in [-0.3, -0.25) is 4.40 Å². The van der Waals surface area contributed by atoms with Crippen molar-refractivity contribution in [2.24, 2.45) is 0 Å². The Kier molecular flexibility index (Phi) is 4.32. The minimum Gasteiger partial charge on any atom is -0.478 e. The number of hydrogen-bond donors (Lipinski definition) is 1. The second-order valence-electron chi connectivity index (χ2n) is 6.86. The van der Waals surface area contributed by atoms with Crippen molar-refractivity contribution in [2.45, 2.75) is 13.8 Å². The van der Waals surface area contributed by atoms with Crippen LogP contribution in [0.1, 0.15) is 27.2 Å². The van der Waals surface area contributed by atoms with Gasteiger partial charge in [0.05, 0.1) is 17.0 Å². The normalized spacial score (nSPS) is 10.9. The zero-order valence-corrected chi connectivity index (χ0v) is 15.8. The van der Waals surface area contributed by atoms with Crippen molar-refractivity contribution in [1.82, 2.24) is 9.38 Å². The van der Waals surface area contributed by atoms with E-state index in [0.717, 1.165) is 28.1 Å². The molecule has 0 aliphatic heterocycles. The molecule has 2 aromatic heterocycles. The van der Waals surface area contributed by atoms with E-state index in [1.807, 2.05) is 22.6 Å². The molecule has 4 aromatic rings. The Labute approximate surface area is 163 Å². The number of carbonyl (C=O) groups is 1. The number of aromatic carboxylic acids is 1. The Morgan fingerprint density at radius 2 is 1.79 bits per heavy atom. The molecular weight excluding hydrogens is 348 g/mol. The van der Waals surface area contributed by atoms with Gasteiger partial charge < -0.3 is 5.11 Å². The van der Waals surface area contributed by atoms with Crippen LogP contribution in [-0.4, -0.2) is 20.5 Å². The predicted octanol–water partition coefficient (Wildman–Crippen LogP) is 5.63. The van der Waals surface area contributed by atoms with Crippen molar-refractivity contribution in [1.29, 1.82) is 0 Å². The molecule has 0 atom stereocenters. The summed E-state index contributed by atoms with van der Waals surface area (Å²) in [4.78, 5) is 16.1. The summed E-state index contributed by atoms with van der Waals surface area (Å²) in [6.45, 7) is 8.14. The first kappa shape index (κ1) is 17.7. The number of nitrogens with zero attached hydrogens (tertiary/aromatic N) is 2. The number of benzene rings is 2. The molecule has 28 heavy (non-hydrogen) atoms. The number of pyridine rings is 1. The van der Waals surface area contributed by atoms with Crippen molar-refractivity contribution in [3.05, 3.63) is 89.8 Å². The fourth-order valence-electron chi connectivity index (χ4n) is 3.63. The summed E-state index contributed by atoms with van der Waals surface area (Å²) in [6, 6.07) is 17.7. The highest BCUT2D eigenvalue weighted by molar-refractivity contribution is 5.90. The zero-order chi connectivity index (χ0) is 19.8. The van der Waals surface area contributed by atoms with Gasteiger partial charge in [-0.15, -0.1) is 0 Å². The molecule has 2 aromatic carbocycles. The topological polar surface area (TPSA) is 54.6 Å². The standard InChI is InChI=1S/C24H20N2O2/c1-4-21-23(25-22-14-17(24(27)28)11-12-26(21)22)20-8-6-5-7-19(20)18-10-9-15(2)13-16(18)3/h4-14H,1H2,2-3H3,(H,27,28). The number of aromatic nitrogens is 2. The molecule has 0 spiro atoms. The molecule has 0 aliphatic carbocycles. The van der Waals surface area contributed by atoms with Gasteiger partial charge in [-0.1, -0.05) is 54.6 Å². The van der Waals surface area contributed by atoms with Crippen molar-refractivity contribution in [3.8, 4) is 22.4 Å². The molecule has 0 fully saturated rings. The van der Waals surface area contributed by atoms with Gasteiger partial charge in [0, 0.05) is 11.8 Å². The number of imidazole rings is 1. The summed E-state index contributed by atoms with van der Waals surface area (Å²) in [6.07, 6.45) is 3.49. The Morgan fingerprint density at radius 1 is 1.04 bits per heavy atom. The highest BCUT2D eigenvalue weighted by Gasteiger charge is 2.17. The molecule has 138 valence electrons. The SMILES string of the molecule is C=Cc1c(-c2ccccc2-c2ccc(C)cc2C)nc2cc(C(=O)O)ccn12. The first-order valence-corrected chi connectivity index (χ1v) is 9.04. The Balaban J connectivity index is 1.98. The van der Waals surface area contributed by atoms with Gasteiger partial charge in [0.2, 0.25) is 0 Å². The summed E-state index contributed by atoms with van der Waals surface area (Å²) in [5, 5.41) is 9.28. The molecule has 4 rings (SSSR count). The van der Waals surface area contributed by atoms with E-state index in [1.54, 1.807) is 24.4 Å². The number of carboxylic acids is 1. The van der Waals surface area contributed by atoms with Crippen molar-refractivity contribution >= 4 is 17.7 Å². The van der Waals surface area contributed by atoms with Crippen LogP contribution in [0.4, 0.5) is 0 Å². The van der Waals surface area contributed by atoms with Gasteiger partial charge in [0.15, 0.2) is 0 Å². The summed E-state index contributed by atoms with van der Waals surface area (Å²) in [5.74, 6) is -0.970. The molecule has 0 amide bonds. The van der Waals surface area contributed by atoms with Gasteiger partial charge in [0.25, 0.3) is 0 Å². The minimum atomic E-state index is -0.970. The fourth-order valence-corrected chi connectivity index (χ4v) is 3.63. The average molecular weight is 368 g/mol. The van der Waals surface area contributed by atoms with E-state index in [0.29, 0.717) is 5.65 Å². The highest BCUT2D eigenvalue weighted by Crippen LogP contribution is 2.36. The van der Waals surface area contributed by atoms with Gasteiger partial charge in [-0.05, 0) is 48.7 Å².